The first-order valence-corrected chi connectivity index (χ1v) is 9.82. The van der Waals surface area contributed by atoms with Gasteiger partial charge in [0.25, 0.3) is 0 Å². The molecule has 29 heavy (non-hydrogen) atoms. The number of pyridine rings is 1. The molecule has 1 aromatic heterocycles. The van der Waals surface area contributed by atoms with Crippen molar-refractivity contribution >= 4 is 16.8 Å². The fraction of sp³-hybridized carbons (Fsp3) is 0.333. The molecular formula is C24H29N3O2. The highest BCUT2D eigenvalue weighted by atomic mass is 16.5. The second-order valence-electron chi connectivity index (χ2n) is 7.55. The first-order chi connectivity index (χ1) is 13.9. The topological polar surface area (TPSA) is 54.5 Å². The minimum absolute atomic E-state index is 0.00800. The standard InChI is InChI=1S/C24H29N3O2/c1-16-20-8-6-7-9-22(20)26-17(2)21(16)14-24(28)25-15-23(27(3)4)18-10-12-19(29-5)13-11-18/h6-13,23H,14-15H2,1-5H3,(H,25,28)/t23-/m1/s1. The fourth-order valence-corrected chi connectivity index (χ4v) is 3.69. The van der Waals surface area contributed by atoms with Crippen molar-refractivity contribution in [2.45, 2.75) is 26.3 Å². The average molecular weight is 392 g/mol. The van der Waals surface area contributed by atoms with E-state index in [1.165, 1.54) is 0 Å². The molecule has 2 aromatic carbocycles. The molecule has 0 saturated carbocycles. The van der Waals surface area contributed by atoms with Gasteiger partial charge in [-0.1, -0.05) is 30.3 Å². The number of ether oxygens (including phenoxy) is 1. The molecule has 0 saturated heterocycles. The molecule has 0 aliphatic heterocycles. The lowest BCUT2D eigenvalue weighted by Gasteiger charge is -2.25. The monoisotopic (exact) mass is 391 g/mol. The van der Waals surface area contributed by atoms with Crippen LogP contribution >= 0.6 is 0 Å². The number of nitrogens with one attached hydrogen (secondary N) is 1. The van der Waals surface area contributed by atoms with Crippen molar-refractivity contribution in [1.82, 2.24) is 15.2 Å². The van der Waals surface area contributed by atoms with Gasteiger partial charge in [-0.05, 0) is 62.8 Å². The third-order valence-electron chi connectivity index (χ3n) is 5.44. The van der Waals surface area contributed by atoms with Gasteiger partial charge in [0.1, 0.15) is 5.75 Å². The molecule has 0 aliphatic rings. The second-order valence-corrected chi connectivity index (χ2v) is 7.55. The maximum absolute atomic E-state index is 12.7. The van der Waals surface area contributed by atoms with Crippen LogP contribution in [-0.2, 0) is 11.2 Å². The highest BCUT2D eigenvalue weighted by Gasteiger charge is 2.17. The van der Waals surface area contributed by atoms with E-state index in [-0.39, 0.29) is 11.9 Å². The van der Waals surface area contributed by atoms with Crippen LogP contribution in [0, 0.1) is 13.8 Å². The van der Waals surface area contributed by atoms with Gasteiger partial charge in [0.15, 0.2) is 0 Å². The summed E-state index contributed by atoms with van der Waals surface area (Å²) in [7, 11) is 5.69. The lowest BCUT2D eigenvalue weighted by atomic mass is 9.99. The average Bonchev–Trinajstić information content (AvgIpc) is 2.71. The molecule has 0 fully saturated rings. The van der Waals surface area contributed by atoms with Crippen molar-refractivity contribution in [2.24, 2.45) is 0 Å². The van der Waals surface area contributed by atoms with E-state index in [9.17, 15) is 4.79 Å². The Labute approximate surface area is 172 Å². The summed E-state index contributed by atoms with van der Waals surface area (Å²) in [5, 5.41) is 4.20. The third-order valence-corrected chi connectivity index (χ3v) is 5.44. The van der Waals surface area contributed by atoms with E-state index >= 15 is 0 Å². The van der Waals surface area contributed by atoms with E-state index in [0.29, 0.717) is 13.0 Å². The number of hydrogen-bond acceptors (Lipinski definition) is 4. The van der Waals surface area contributed by atoms with Gasteiger partial charge in [-0.2, -0.15) is 0 Å². The molecule has 1 heterocycles. The smallest absolute Gasteiger partial charge is 0.224 e. The fourth-order valence-electron chi connectivity index (χ4n) is 3.69. The van der Waals surface area contributed by atoms with E-state index < -0.39 is 0 Å². The molecule has 1 atom stereocenters. The number of hydrogen-bond donors (Lipinski definition) is 1. The zero-order valence-corrected chi connectivity index (χ0v) is 17.8. The summed E-state index contributed by atoms with van der Waals surface area (Å²) in [6.45, 7) is 4.58. The summed E-state index contributed by atoms with van der Waals surface area (Å²) in [6.07, 6.45) is 0.332. The summed E-state index contributed by atoms with van der Waals surface area (Å²) < 4.78 is 5.24. The number of fused-ring (bicyclic) bond motifs is 1. The van der Waals surface area contributed by atoms with E-state index in [1.807, 2.05) is 63.5 Å². The van der Waals surface area contributed by atoms with Gasteiger partial charge in [-0.15, -0.1) is 0 Å². The summed E-state index contributed by atoms with van der Waals surface area (Å²) in [6, 6.07) is 16.1. The number of methoxy groups -OCH3 is 1. The molecule has 0 aliphatic carbocycles. The van der Waals surface area contributed by atoms with Crippen molar-refractivity contribution in [2.75, 3.05) is 27.7 Å². The van der Waals surface area contributed by atoms with Gasteiger partial charge in [0, 0.05) is 17.6 Å². The molecule has 3 aromatic rings. The minimum Gasteiger partial charge on any atom is -0.497 e. The Kier molecular flexibility index (Phi) is 6.49. The Hall–Kier alpha value is -2.92. The molecule has 1 amide bonds. The molecule has 3 rings (SSSR count). The number of aryl methyl sites for hydroxylation is 2. The zero-order chi connectivity index (χ0) is 21.0. The van der Waals surface area contributed by atoms with Gasteiger partial charge in [-0.3, -0.25) is 9.78 Å². The zero-order valence-electron chi connectivity index (χ0n) is 17.8. The Morgan fingerprint density at radius 2 is 1.79 bits per heavy atom. The molecule has 1 N–H and O–H groups in total. The number of likely N-dealkylation sites (N-methyl/N-ethyl adjacent to an activating group) is 1. The Bertz CT molecular complexity index is 997. The first-order valence-electron chi connectivity index (χ1n) is 9.82. The van der Waals surface area contributed by atoms with Crippen LogP contribution in [-0.4, -0.2) is 43.5 Å². The molecule has 0 unspecified atom stereocenters. The number of para-hydroxylation sites is 1. The quantitative estimate of drug-likeness (QED) is 0.665. The Morgan fingerprint density at radius 1 is 1.10 bits per heavy atom. The summed E-state index contributed by atoms with van der Waals surface area (Å²) in [5.74, 6) is 0.832. The van der Waals surface area contributed by atoms with Gasteiger partial charge in [-0.25, -0.2) is 0 Å². The predicted molar refractivity (Wildman–Crippen MR) is 117 cm³/mol. The van der Waals surface area contributed by atoms with Crippen LogP contribution in [0.3, 0.4) is 0 Å². The molecular weight excluding hydrogens is 362 g/mol. The van der Waals surface area contributed by atoms with Crippen LogP contribution in [0.25, 0.3) is 10.9 Å². The molecule has 152 valence electrons. The summed E-state index contributed by atoms with van der Waals surface area (Å²) >= 11 is 0. The van der Waals surface area contributed by atoms with Crippen LogP contribution in [0.4, 0.5) is 0 Å². The minimum atomic E-state index is 0.00800. The molecule has 0 bridgehead atoms. The van der Waals surface area contributed by atoms with Crippen LogP contribution in [0.5, 0.6) is 5.75 Å². The third kappa shape index (κ3) is 4.74. The summed E-state index contributed by atoms with van der Waals surface area (Å²) in [4.78, 5) is 19.5. The molecule has 0 radical (unpaired) electrons. The van der Waals surface area contributed by atoms with Crippen molar-refractivity contribution in [1.29, 1.82) is 0 Å². The van der Waals surface area contributed by atoms with E-state index in [2.05, 4.69) is 28.2 Å². The Balaban J connectivity index is 1.72. The van der Waals surface area contributed by atoms with Gasteiger partial charge >= 0.3 is 0 Å². The lowest BCUT2D eigenvalue weighted by molar-refractivity contribution is -0.120. The van der Waals surface area contributed by atoms with E-state index in [1.54, 1.807) is 7.11 Å². The van der Waals surface area contributed by atoms with Crippen LogP contribution in [0.2, 0.25) is 0 Å². The highest BCUT2D eigenvalue weighted by molar-refractivity contribution is 5.86. The van der Waals surface area contributed by atoms with Crippen LogP contribution in [0.15, 0.2) is 48.5 Å². The molecule has 5 nitrogen and oxygen atoms in total. The normalized spacial score (nSPS) is 12.2. The number of carbonyl (C=O) groups is 1. The number of rotatable bonds is 7. The van der Waals surface area contributed by atoms with Crippen molar-refractivity contribution in [3.8, 4) is 5.75 Å². The van der Waals surface area contributed by atoms with Crippen molar-refractivity contribution in [3.63, 3.8) is 0 Å². The van der Waals surface area contributed by atoms with Gasteiger partial charge in [0.2, 0.25) is 5.91 Å². The number of carbonyl (C=O) groups excluding carboxylic acids is 1. The SMILES string of the molecule is COc1ccc([C@@H](CNC(=O)Cc2c(C)nc3ccccc3c2C)N(C)C)cc1. The number of nitrogens with zero attached hydrogens (tertiary/aromatic N) is 2. The van der Waals surface area contributed by atoms with E-state index in [4.69, 9.17) is 4.74 Å². The maximum atomic E-state index is 12.7. The number of benzene rings is 2. The predicted octanol–water partition coefficient (Wildman–Crippen LogP) is 3.82. The van der Waals surface area contributed by atoms with Gasteiger partial charge in [0.05, 0.1) is 25.1 Å². The van der Waals surface area contributed by atoms with Crippen LogP contribution in [0.1, 0.15) is 28.4 Å². The molecule has 0 spiro atoms. The summed E-state index contributed by atoms with van der Waals surface area (Å²) in [5.41, 5.74) is 5.15. The van der Waals surface area contributed by atoms with Crippen molar-refractivity contribution < 1.29 is 9.53 Å². The first kappa shape index (κ1) is 20.8. The maximum Gasteiger partial charge on any atom is 0.224 e. The Morgan fingerprint density at radius 3 is 2.45 bits per heavy atom. The number of amides is 1. The van der Waals surface area contributed by atoms with Gasteiger partial charge < -0.3 is 15.0 Å². The highest BCUT2D eigenvalue weighted by Crippen LogP contribution is 2.23. The van der Waals surface area contributed by atoms with Crippen molar-refractivity contribution in [3.05, 3.63) is 70.9 Å². The van der Waals surface area contributed by atoms with Crippen LogP contribution < -0.4 is 10.1 Å². The van der Waals surface area contributed by atoms with E-state index in [0.717, 1.165) is 39.0 Å². The largest absolute Gasteiger partial charge is 0.497 e. The lowest BCUT2D eigenvalue weighted by Crippen LogP contribution is -2.35. The molecule has 5 heteroatoms. The second kappa shape index (κ2) is 9.05. The number of aromatic nitrogens is 1.